The largest absolute Gasteiger partial charge is 0.334 e. The van der Waals surface area contributed by atoms with Gasteiger partial charge in [0.15, 0.2) is 3.01 Å². The third kappa shape index (κ3) is 2.18. The van der Waals surface area contributed by atoms with E-state index in [4.69, 9.17) is 0 Å². The van der Waals surface area contributed by atoms with Gasteiger partial charge < -0.3 is 4.90 Å². The summed E-state index contributed by atoms with van der Waals surface area (Å²) >= 11 is 3.66. The lowest BCUT2D eigenvalue weighted by Gasteiger charge is -2.22. The monoisotopic (exact) mass is 336 g/mol. The molecule has 1 aromatic heterocycles. The lowest BCUT2D eigenvalue weighted by Crippen LogP contribution is -2.35. The van der Waals surface area contributed by atoms with Crippen molar-refractivity contribution in [3.63, 3.8) is 0 Å². The summed E-state index contributed by atoms with van der Waals surface area (Å²) in [5, 5.41) is 1.85. The van der Waals surface area contributed by atoms with Crippen LogP contribution >= 0.6 is 33.9 Å². The highest BCUT2D eigenvalue weighted by atomic mass is 127. The first-order valence-corrected chi connectivity index (χ1v) is 6.97. The third-order valence-corrected chi connectivity index (χ3v) is 4.73. The smallest absolute Gasteiger partial charge is 0.273 e. The van der Waals surface area contributed by atoms with Crippen LogP contribution in [0, 0.1) is 8.93 Å². The molecule has 5 heteroatoms. The lowest BCUT2D eigenvalue weighted by molar-refractivity contribution is 0.0729. The van der Waals surface area contributed by atoms with Crippen LogP contribution in [0.1, 0.15) is 30.8 Å². The number of amides is 1. The van der Waals surface area contributed by atoms with Gasteiger partial charge >= 0.3 is 0 Å². The Morgan fingerprint density at radius 1 is 1.67 bits per heavy atom. The molecule has 0 aliphatic carbocycles. The molecule has 1 saturated heterocycles. The van der Waals surface area contributed by atoms with Gasteiger partial charge in [-0.25, -0.2) is 4.98 Å². The molecule has 1 amide bonds. The zero-order chi connectivity index (χ0) is 11.0. The minimum atomic E-state index is 0.0889. The number of halogens is 1. The molecular weight excluding hydrogens is 323 g/mol. The summed E-state index contributed by atoms with van der Waals surface area (Å²) in [6.45, 7) is 5.19. The number of thiazole rings is 1. The highest BCUT2D eigenvalue weighted by molar-refractivity contribution is 14.1. The van der Waals surface area contributed by atoms with Crippen LogP contribution in [0.25, 0.3) is 0 Å². The third-order valence-electron chi connectivity index (χ3n) is 3.10. The maximum Gasteiger partial charge on any atom is 0.273 e. The van der Waals surface area contributed by atoms with Crippen molar-refractivity contribution in [1.29, 1.82) is 0 Å². The normalized spacial score (nSPS) is 25.9. The molecular formula is C10H13IN2OS. The fraction of sp³-hybridized carbons (Fsp3) is 0.600. The van der Waals surface area contributed by atoms with Crippen LogP contribution in [0.4, 0.5) is 0 Å². The molecule has 2 unspecified atom stereocenters. The zero-order valence-electron chi connectivity index (χ0n) is 8.74. The van der Waals surface area contributed by atoms with Crippen LogP contribution in [0.15, 0.2) is 5.38 Å². The molecule has 0 bridgehead atoms. The summed E-state index contributed by atoms with van der Waals surface area (Å²) in [5.74, 6) is 0.692. The summed E-state index contributed by atoms with van der Waals surface area (Å²) in [6, 6.07) is 0.344. The van der Waals surface area contributed by atoms with Gasteiger partial charge in [-0.05, 0) is 41.9 Å². The molecule has 0 spiro atoms. The van der Waals surface area contributed by atoms with Crippen molar-refractivity contribution in [2.75, 3.05) is 6.54 Å². The number of nitrogens with zero attached hydrogens (tertiary/aromatic N) is 2. The van der Waals surface area contributed by atoms with Crippen molar-refractivity contribution in [3.8, 4) is 0 Å². The second-order valence-corrected chi connectivity index (χ2v) is 6.60. The van der Waals surface area contributed by atoms with E-state index in [2.05, 4.69) is 41.4 Å². The van der Waals surface area contributed by atoms with Crippen molar-refractivity contribution < 1.29 is 4.79 Å². The minimum Gasteiger partial charge on any atom is -0.334 e. The summed E-state index contributed by atoms with van der Waals surface area (Å²) in [7, 11) is 0. The van der Waals surface area contributed by atoms with Crippen molar-refractivity contribution in [3.05, 3.63) is 14.1 Å². The van der Waals surface area contributed by atoms with E-state index in [1.807, 2.05) is 10.3 Å². The quantitative estimate of drug-likeness (QED) is 0.739. The van der Waals surface area contributed by atoms with E-state index in [-0.39, 0.29) is 5.91 Å². The Bertz CT molecular complexity index is 379. The number of aromatic nitrogens is 1. The van der Waals surface area contributed by atoms with E-state index in [0.717, 1.165) is 16.0 Å². The predicted molar refractivity (Wildman–Crippen MR) is 69.1 cm³/mol. The first kappa shape index (κ1) is 11.3. The Balaban J connectivity index is 2.15. The Labute approximate surface area is 107 Å². The summed E-state index contributed by atoms with van der Waals surface area (Å²) < 4.78 is 0.927. The Morgan fingerprint density at radius 3 is 2.87 bits per heavy atom. The average Bonchev–Trinajstić information content (AvgIpc) is 2.75. The highest BCUT2D eigenvalue weighted by Crippen LogP contribution is 2.25. The molecule has 0 aromatic carbocycles. The van der Waals surface area contributed by atoms with Crippen LogP contribution < -0.4 is 0 Å². The molecule has 0 saturated carbocycles. The maximum absolute atomic E-state index is 12.1. The van der Waals surface area contributed by atoms with Gasteiger partial charge in [-0.1, -0.05) is 6.92 Å². The minimum absolute atomic E-state index is 0.0889. The average molecular weight is 336 g/mol. The Morgan fingerprint density at radius 2 is 2.40 bits per heavy atom. The molecule has 15 heavy (non-hydrogen) atoms. The molecule has 0 radical (unpaired) electrons. The van der Waals surface area contributed by atoms with Gasteiger partial charge in [0.05, 0.1) is 0 Å². The van der Waals surface area contributed by atoms with Gasteiger partial charge in [0.2, 0.25) is 0 Å². The van der Waals surface area contributed by atoms with E-state index in [9.17, 15) is 4.79 Å². The molecule has 1 aliphatic rings. The van der Waals surface area contributed by atoms with Crippen LogP contribution in [0.2, 0.25) is 0 Å². The van der Waals surface area contributed by atoms with Crippen molar-refractivity contribution in [2.24, 2.45) is 5.92 Å². The number of hydrogen-bond donors (Lipinski definition) is 0. The summed E-state index contributed by atoms with van der Waals surface area (Å²) in [5.41, 5.74) is 0.602. The van der Waals surface area contributed by atoms with Crippen LogP contribution in [0.3, 0.4) is 0 Å². The van der Waals surface area contributed by atoms with Gasteiger partial charge in [-0.3, -0.25) is 4.79 Å². The van der Waals surface area contributed by atoms with Gasteiger partial charge in [-0.2, -0.15) is 0 Å². The first-order chi connectivity index (χ1) is 7.09. The molecule has 0 N–H and O–H groups in total. The molecule has 2 rings (SSSR count). The zero-order valence-corrected chi connectivity index (χ0v) is 11.7. The van der Waals surface area contributed by atoms with Crippen LogP contribution in [-0.2, 0) is 0 Å². The standard InChI is InChI=1S/C10H13IN2OS/c1-6-3-4-13(7(6)2)9(14)8-5-15-10(11)12-8/h5-7H,3-4H2,1-2H3. The molecule has 2 atom stereocenters. The van der Waals surface area contributed by atoms with Crippen LogP contribution in [0.5, 0.6) is 0 Å². The predicted octanol–water partition coefficient (Wildman–Crippen LogP) is 2.62. The van der Waals surface area contributed by atoms with E-state index in [1.54, 1.807) is 0 Å². The van der Waals surface area contributed by atoms with Gasteiger partial charge in [0.1, 0.15) is 5.69 Å². The molecule has 1 aliphatic heterocycles. The van der Waals surface area contributed by atoms with Gasteiger partial charge in [-0.15, -0.1) is 11.3 Å². The second kappa shape index (κ2) is 4.37. The topological polar surface area (TPSA) is 33.2 Å². The summed E-state index contributed by atoms with van der Waals surface area (Å²) in [6.07, 6.45) is 1.11. The molecule has 1 aromatic rings. The molecule has 82 valence electrons. The number of rotatable bonds is 1. The van der Waals surface area contributed by atoms with E-state index in [0.29, 0.717) is 17.7 Å². The van der Waals surface area contributed by atoms with E-state index >= 15 is 0 Å². The van der Waals surface area contributed by atoms with Gasteiger partial charge in [0, 0.05) is 18.0 Å². The van der Waals surface area contributed by atoms with Gasteiger partial charge in [0.25, 0.3) is 5.91 Å². The lowest BCUT2D eigenvalue weighted by atomic mass is 10.1. The van der Waals surface area contributed by atoms with E-state index in [1.165, 1.54) is 11.3 Å². The fourth-order valence-corrected chi connectivity index (χ4v) is 3.03. The van der Waals surface area contributed by atoms with Crippen molar-refractivity contribution in [2.45, 2.75) is 26.3 Å². The summed E-state index contributed by atoms with van der Waals surface area (Å²) in [4.78, 5) is 18.3. The maximum atomic E-state index is 12.1. The first-order valence-electron chi connectivity index (χ1n) is 5.01. The van der Waals surface area contributed by atoms with E-state index < -0.39 is 0 Å². The SMILES string of the molecule is CC1CCN(C(=O)c2csc(I)n2)C1C. The molecule has 2 heterocycles. The number of likely N-dealkylation sites (tertiary alicyclic amines) is 1. The highest BCUT2D eigenvalue weighted by Gasteiger charge is 2.32. The number of carbonyl (C=O) groups is 1. The van der Waals surface area contributed by atoms with Crippen LogP contribution in [-0.4, -0.2) is 28.4 Å². The number of hydrogen-bond acceptors (Lipinski definition) is 3. The van der Waals surface area contributed by atoms with Crippen molar-refractivity contribution in [1.82, 2.24) is 9.88 Å². The fourth-order valence-electron chi connectivity index (χ4n) is 1.88. The Hall–Kier alpha value is -0.170. The second-order valence-electron chi connectivity index (χ2n) is 3.99. The molecule has 1 fully saturated rings. The van der Waals surface area contributed by atoms with Crippen molar-refractivity contribution >= 4 is 39.8 Å². The Kier molecular flexibility index (Phi) is 3.30. The number of carbonyl (C=O) groups excluding carboxylic acids is 1. The molecule has 3 nitrogen and oxygen atoms in total.